The van der Waals surface area contributed by atoms with Crippen molar-refractivity contribution >= 4 is 47.8 Å². The molecule has 1 unspecified atom stereocenters. The Hall–Kier alpha value is -0.170. The van der Waals surface area contributed by atoms with Crippen LogP contribution in [0.5, 0.6) is 0 Å². The molecule has 0 aliphatic carbocycles. The fraction of sp³-hybridized carbons (Fsp3) is 0.400. The third-order valence-corrected chi connectivity index (χ3v) is 4.70. The van der Waals surface area contributed by atoms with Crippen LogP contribution >= 0.6 is 47.8 Å². The number of hydrogen-bond donors (Lipinski definition) is 1. The van der Waals surface area contributed by atoms with Gasteiger partial charge in [0.15, 0.2) is 0 Å². The van der Waals surface area contributed by atoms with Crippen molar-refractivity contribution in [1.82, 2.24) is 15.1 Å². The number of aromatic nitrogens is 2. The van der Waals surface area contributed by atoms with Gasteiger partial charge in [-0.3, -0.25) is 4.68 Å². The van der Waals surface area contributed by atoms with Crippen molar-refractivity contribution in [2.75, 3.05) is 6.54 Å². The molecule has 0 aliphatic rings. The molecule has 3 nitrogen and oxygen atoms in total. The Morgan fingerprint density at radius 1 is 1.14 bits per heavy atom. The number of halogens is 3. The highest BCUT2D eigenvalue weighted by Gasteiger charge is 2.23. The molecule has 0 radical (unpaired) electrons. The quantitative estimate of drug-likeness (QED) is 0.618. The number of nitrogens with zero attached hydrogens (tertiary/aromatic N) is 2. The van der Waals surface area contributed by atoms with Crippen molar-refractivity contribution in [3.8, 4) is 0 Å². The normalized spacial score (nSPS) is 12.9. The average molecular weight is 480 g/mol. The van der Waals surface area contributed by atoms with Crippen LogP contribution in [0.3, 0.4) is 0 Å². The summed E-state index contributed by atoms with van der Waals surface area (Å²) in [6, 6.07) is 6.72. The molecule has 114 valence electrons. The molecule has 1 aromatic carbocycles. The molecule has 1 heterocycles. The lowest BCUT2D eigenvalue weighted by Gasteiger charge is -2.23. The van der Waals surface area contributed by atoms with Crippen molar-refractivity contribution < 1.29 is 0 Å². The van der Waals surface area contributed by atoms with Crippen molar-refractivity contribution in [2.45, 2.75) is 32.9 Å². The molecule has 1 atom stereocenters. The van der Waals surface area contributed by atoms with Crippen LogP contribution in [0.15, 0.2) is 37.8 Å². The molecule has 2 aromatic rings. The summed E-state index contributed by atoms with van der Waals surface area (Å²) in [7, 11) is 0. The summed E-state index contributed by atoms with van der Waals surface area (Å²) in [4.78, 5) is 0. The van der Waals surface area contributed by atoms with Crippen LogP contribution in [0.4, 0.5) is 0 Å². The molecule has 0 saturated heterocycles. The zero-order valence-electron chi connectivity index (χ0n) is 12.2. The Balaban J connectivity index is 2.56. The van der Waals surface area contributed by atoms with Crippen molar-refractivity contribution in [2.24, 2.45) is 0 Å². The van der Waals surface area contributed by atoms with Crippen molar-refractivity contribution in [3.05, 3.63) is 49.1 Å². The van der Waals surface area contributed by atoms with E-state index >= 15 is 0 Å². The highest BCUT2D eigenvalue weighted by Crippen LogP contribution is 2.33. The summed E-state index contributed by atoms with van der Waals surface area (Å²) in [5, 5.41) is 8.05. The molecule has 0 fully saturated rings. The zero-order valence-corrected chi connectivity index (χ0v) is 17.0. The van der Waals surface area contributed by atoms with Gasteiger partial charge in [0, 0.05) is 15.0 Å². The first-order valence-electron chi connectivity index (χ1n) is 6.86. The van der Waals surface area contributed by atoms with Gasteiger partial charge in [0.25, 0.3) is 0 Å². The van der Waals surface area contributed by atoms with Gasteiger partial charge in [0.1, 0.15) is 0 Å². The highest BCUT2D eigenvalue weighted by atomic mass is 79.9. The maximum absolute atomic E-state index is 4.50. The van der Waals surface area contributed by atoms with E-state index in [0.29, 0.717) is 6.04 Å². The SMILES string of the molecule is CCNC(c1cc(Br)cc(Br)c1)c1c(Br)cnn1C(C)C. The molecule has 2 rings (SSSR count). The van der Waals surface area contributed by atoms with Crippen LogP contribution in [0.1, 0.15) is 44.1 Å². The fourth-order valence-electron chi connectivity index (χ4n) is 2.35. The maximum Gasteiger partial charge on any atom is 0.0760 e. The van der Waals surface area contributed by atoms with E-state index in [-0.39, 0.29) is 6.04 Å². The van der Waals surface area contributed by atoms with Gasteiger partial charge in [-0.25, -0.2) is 0 Å². The van der Waals surface area contributed by atoms with Crippen molar-refractivity contribution in [1.29, 1.82) is 0 Å². The van der Waals surface area contributed by atoms with E-state index < -0.39 is 0 Å². The van der Waals surface area contributed by atoms with Gasteiger partial charge >= 0.3 is 0 Å². The standard InChI is InChI=1S/C15H18Br3N3/c1-4-19-14(10-5-11(16)7-12(17)6-10)15-13(18)8-20-21(15)9(2)3/h5-9,14,19H,4H2,1-3H3. The number of rotatable bonds is 5. The zero-order chi connectivity index (χ0) is 15.6. The maximum atomic E-state index is 4.50. The van der Waals surface area contributed by atoms with Gasteiger partial charge < -0.3 is 5.32 Å². The van der Waals surface area contributed by atoms with Gasteiger partial charge in [-0.15, -0.1) is 0 Å². The monoisotopic (exact) mass is 477 g/mol. The summed E-state index contributed by atoms with van der Waals surface area (Å²) in [6.45, 7) is 7.28. The predicted molar refractivity (Wildman–Crippen MR) is 97.7 cm³/mol. The van der Waals surface area contributed by atoms with Crippen molar-refractivity contribution in [3.63, 3.8) is 0 Å². The second-order valence-electron chi connectivity index (χ2n) is 5.11. The molecule has 21 heavy (non-hydrogen) atoms. The van der Waals surface area contributed by atoms with E-state index in [0.717, 1.165) is 25.7 Å². The number of benzene rings is 1. The molecular formula is C15H18Br3N3. The molecule has 0 bridgehead atoms. The largest absolute Gasteiger partial charge is 0.305 e. The van der Waals surface area contributed by atoms with E-state index in [1.54, 1.807) is 0 Å². The lowest BCUT2D eigenvalue weighted by atomic mass is 10.0. The van der Waals surface area contributed by atoms with Gasteiger partial charge in [-0.1, -0.05) is 38.8 Å². The Morgan fingerprint density at radius 2 is 1.76 bits per heavy atom. The van der Waals surface area contributed by atoms with Crippen LogP contribution in [0.25, 0.3) is 0 Å². The summed E-state index contributed by atoms with van der Waals surface area (Å²) in [5.41, 5.74) is 2.35. The van der Waals surface area contributed by atoms with Crippen LogP contribution in [-0.2, 0) is 0 Å². The fourth-order valence-corrected chi connectivity index (χ4v) is 4.18. The summed E-state index contributed by atoms with van der Waals surface area (Å²) in [5.74, 6) is 0. The molecule has 0 spiro atoms. The number of hydrogen-bond acceptors (Lipinski definition) is 2. The molecule has 0 saturated carbocycles. The minimum absolute atomic E-state index is 0.0862. The van der Waals surface area contributed by atoms with Gasteiger partial charge in [0.05, 0.1) is 22.4 Å². The smallest absolute Gasteiger partial charge is 0.0760 e. The van der Waals surface area contributed by atoms with E-state index in [1.165, 1.54) is 5.56 Å². The van der Waals surface area contributed by atoms with E-state index in [1.807, 2.05) is 12.3 Å². The van der Waals surface area contributed by atoms with E-state index in [4.69, 9.17) is 0 Å². The molecule has 0 aliphatic heterocycles. The molecule has 1 N–H and O–H groups in total. The Labute approximate surface area is 150 Å². The molecule has 1 aromatic heterocycles. The topological polar surface area (TPSA) is 29.9 Å². The first-order chi connectivity index (χ1) is 9.93. The van der Waals surface area contributed by atoms with E-state index in [2.05, 4.69) is 95.8 Å². The minimum Gasteiger partial charge on any atom is -0.305 e. The van der Waals surface area contributed by atoms with Crippen LogP contribution in [0.2, 0.25) is 0 Å². The summed E-state index contributed by atoms with van der Waals surface area (Å²) in [6.07, 6.45) is 1.87. The van der Waals surface area contributed by atoms with Crippen LogP contribution in [-0.4, -0.2) is 16.3 Å². The first-order valence-corrected chi connectivity index (χ1v) is 9.24. The van der Waals surface area contributed by atoms with E-state index in [9.17, 15) is 0 Å². The Kier molecular flexibility index (Phi) is 6.05. The summed E-state index contributed by atoms with van der Waals surface area (Å²) < 4.78 is 5.20. The van der Waals surface area contributed by atoms with Crippen LogP contribution in [0, 0.1) is 0 Å². The summed E-state index contributed by atoms with van der Waals surface area (Å²) >= 11 is 10.8. The lowest BCUT2D eigenvalue weighted by molar-refractivity contribution is 0.475. The Bertz CT molecular complexity index is 602. The second kappa shape index (κ2) is 7.40. The van der Waals surface area contributed by atoms with Gasteiger partial charge in [0.2, 0.25) is 0 Å². The average Bonchev–Trinajstić information content (AvgIpc) is 2.76. The van der Waals surface area contributed by atoms with Crippen LogP contribution < -0.4 is 5.32 Å². The third-order valence-electron chi connectivity index (χ3n) is 3.18. The predicted octanol–water partition coefficient (Wildman–Crippen LogP) is 5.45. The first kappa shape index (κ1) is 17.2. The lowest BCUT2D eigenvalue weighted by Crippen LogP contribution is -2.26. The second-order valence-corrected chi connectivity index (χ2v) is 7.80. The molecular weight excluding hydrogens is 462 g/mol. The van der Waals surface area contributed by atoms with Gasteiger partial charge in [-0.05, 0) is 60.1 Å². The minimum atomic E-state index is 0.0862. The molecule has 0 amide bonds. The molecule has 6 heteroatoms. The highest BCUT2D eigenvalue weighted by molar-refractivity contribution is 9.11. The third kappa shape index (κ3) is 3.97. The number of nitrogens with one attached hydrogen (secondary N) is 1. The van der Waals surface area contributed by atoms with Gasteiger partial charge in [-0.2, -0.15) is 5.10 Å². The Morgan fingerprint density at radius 3 is 2.29 bits per heavy atom.